The Labute approximate surface area is 109 Å². The molecule has 1 atom stereocenters. The lowest BCUT2D eigenvalue weighted by Crippen LogP contribution is -2.31. The number of amides is 1. The summed E-state index contributed by atoms with van der Waals surface area (Å²) in [5.41, 5.74) is 8.42. The minimum atomic E-state index is -0.0159. The minimum absolute atomic E-state index is 0. The van der Waals surface area contributed by atoms with Gasteiger partial charge in [-0.15, -0.1) is 12.4 Å². The number of nitrogens with two attached hydrogens (primary N) is 1. The molecule has 1 amide bonds. The molecule has 0 spiro atoms. The maximum absolute atomic E-state index is 11.8. The van der Waals surface area contributed by atoms with E-state index in [1.54, 1.807) is 0 Å². The number of hydrogen-bond acceptors (Lipinski definition) is 2. The van der Waals surface area contributed by atoms with Crippen molar-refractivity contribution in [2.75, 3.05) is 13.1 Å². The van der Waals surface area contributed by atoms with E-state index in [4.69, 9.17) is 5.73 Å². The summed E-state index contributed by atoms with van der Waals surface area (Å²) in [5.74, 6) is 0.299. The molecule has 0 heterocycles. The number of carbonyl (C=O) groups excluding carboxylic acids is 1. The minimum Gasteiger partial charge on any atom is -0.352 e. The highest BCUT2D eigenvalue weighted by Crippen LogP contribution is 2.10. The molecular formula is C13H21ClN2O. The molecule has 1 unspecified atom stereocenters. The standard InChI is InChI=1S/C13H20N2O.ClH/c1-9-4-5-12(11(3)6-9)13(16)15-8-10(2)7-14;/h4-6,10H,7-8,14H2,1-3H3,(H,15,16);1H. The van der Waals surface area contributed by atoms with Gasteiger partial charge in [-0.3, -0.25) is 4.79 Å². The van der Waals surface area contributed by atoms with Gasteiger partial charge in [0.25, 0.3) is 5.91 Å². The van der Waals surface area contributed by atoms with Crippen LogP contribution in [0.1, 0.15) is 28.4 Å². The van der Waals surface area contributed by atoms with Crippen molar-refractivity contribution in [1.29, 1.82) is 0 Å². The maximum atomic E-state index is 11.8. The summed E-state index contributed by atoms with van der Waals surface area (Å²) in [5, 5.41) is 2.89. The van der Waals surface area contributed by atoms with Crippen LogP contribution in [-0.4, -0.2) is 19.0 Å². The monoisotopic (exact) mass is 256 g/mol. The molecule has 0 radical (unpaired) electrons. The highest BCUT2D eigenvalue weighted by Gasteiger charge is 2.09. The Morgan fingerprint density at radius 1 is 1.41 bits per heavy atom. The van der Waals surface area contributed by atoms with E-state index in [0.717, 1.165) is 11.1 Å². The van der Waals surface area contributed by atoms with Gasteiger partial charge in [0, 0.05) is 12.1 Å². The first kappa shape index (κ1) is 15.9. The second kappa shape index (κ2) is 7.30. The second-order valence-electron chi connectivity index (χ2n) is 4.37. The molecule has 0 fully saturated rings. The van der Waals surface area contributed by atoms with Gasteiger partial charge in [-0.25, -0.2) is 0 Å². The van der Waals surface area contributed by atoms with Gasteiger partial charge in [0.15, 0.2) is 0 Å². The molecule has 17 heavy (non-hydrogen) atoms. The van der Waals surface area contributed by atoms with Crippen molar-refractivity contribution in [2.24, 2.45) is 11.7 Å². The van der Waals surface area contributed by atoms with E-state index in [1.165, 1.54) is 5.56 Å². The predicted molar refractivity (Wildman–Crippen MR) is 73.7 cm³/mol. The van der Waals surface area contributed by atoms with Crippen molar-refractivity contribution < 1.29 is 4.79 Å². The molecule has 0 aliphatic heterocycles. The van der Waals surface area contributed by atoms with Crippen molar-refractivity contribution >= 4 is 18.3 Å². The summed E-state index contributed by atoms with van der Waals surface area (Å²) in [4.78, 5) is 11.8. The number of benzene rings is 1. The van der Waals surface area contributed by atoms with E-state index in [1.807, 2.05) is 39.0 Å². The quantitative estimate of drug-likeness (QED) is 0.866. The lowest BCUT2D eigenvalue weighted by molar-refractivity contribution is 0.0948. The fourth-order valence-electron chi connectivity index (χ4n) is 1.51. The van der Waals surface area contributed by atoms with E-state index in [0.29, 0.717) is 19.0 Å². The van der Waals surface area contributed by atoms with Gasteiger partial charge in [0.1, 0.15) is 0 Å². The summed E-state index contributed by atoms with van der Waals surface area (Å²) in [6, 6.07) is 5.84. The number of halogens is 1. The van der Waals surface area contributed by atoms with Crippen LogP contribution in [0.15, 0.2) is 18.2 Å². The van der Waals surface area contributed by atoms with Crippen LogP contribution < -0.4 is 11.1 Å². The van der Waals surface area contributed by atoms with E-state index >= 15 is 0 Å². The fraction of sp³-hybridized carbons (Fsp3) is 0.462. The lowest BCUT2D eigenvalue weighted by atomic mass is 10.0. The Morgan fingerprint density at radius 3 is 2.59 bits per heavy atom. The third-order valence-electron chi connectivity index (χ3n) is 2.64. The average Bonchev–Trinajstić information content (AvgIpc) is 2.25. The van der Waals surface area contributed by atoms with Crippen LogP contribution in [0, 0.1) is 19.8 Å². The molecule has 0 aromatic heterocycles. The highest BCUT2D eigenvalue weighted by molar-refractivity contribution is 5.95. The zero-order chi connectivity index (χ0) is 12.1. The van der Waals surface area contributed by atoms with Crippen LogP contribution in [0.3, 0.4) is 0 Å². The van der Waals surface area contributed by atoms with E-state index in [9.17, 15) is 4.79 Å². The van der Waals surface area contributed by atoms with Crippen LogP contribution in [0.2, 0.25) is 0 Å². The fourth-order valence-corrected chi connectivity index (χ4v) is 1.51. The van der Waals surface area contributed by atoms with E-state index in [2.05, 4.69) is 5.32 Å². The van der Waals surface area contributed by atoms with Crippen LogP contribution in [0.4, 0.5) is 0 Å². The molecule has 1 rings (SSSR count). The zero-order valence-corrected chi connectivity index (χ0v) is 11.4. The van der Waals surface area contributed by atoms with Crippen molar-refractivity contribution in [2.45, 2.75) is 20.8 Å². The van der Waals surface area contributed by atoms with Crippen molar-refractivity contribution in [3.8, 4) is 0 Å². The molecule has 0 saturated carbocycles. The molecule has 1 aromatic carbocycles. The third kappa shape index (κ3) is 4.75. The van der Waals surface area contributed by atoms with Crippen LogP contribution in [0.5, 0.6) is 0 Å². The van der Waals surface area contributed by atoms with E-state index in [-0.39, 0.29) is 18.3 Å². The molecule has 0 bridgehead atoms. The van der Waals surface area contributed by atoms with Gasteiger partial charge in [-0.05, 0) is 37.9 Å². The molecule has 0 aliphatic carbocycles. The first-order valence-electron chi connectivity index (χ1n) is 5.60. The number of hydrogen-bond donors (Lipinski definition) is 2. The Morgan fingerprint density at radius 2 is 2.06 bits per heavy atom. The van der Waals surface area contributed by atoms with Gasteiger partial charge >= 0.3 is 0 Å². The predicted octanol–water partition coefficient (Wildman–Crippen LogP) is 2.05. The van der Waals surface area contributed by atoms with E-state index < -0.39 is 0 Å². The Hall–Kier alpha value is -1.06. The lowest BCUT2D eigenvalue weighted by Gasteiger charge is -2.11. The number of aryl methyl sites for hydroxylation is 2. The van der Waals surface area contributed by atoms with Gasteiger partial charge in [0.05, 0.1) is 0 Å². The average molecular weight is 257 g/mol. The molecule has 4 heteroatoms. The summed E-state index contributed by atoms with van der Waals surface area (Å²) >= 11 is 0. The van der Waals surface area contributed by atoms with Crippen molar-refractivity contribution in [1.82, 2.24) is 5.32 Å². The molecule has 96 valence electrons. The Balaban J connectivity index is 0.00000256. The number of nitrogens with one attached hydrogen (secondary N) is 1. The summed E-state index contributed by atoms with van der Waals surface area (Å²) in [7, 11) is 0. The summed E-state index contributed by atoms with van der Waals surface area (Å²) < 4.78 is 0. The topological polar surface area (TPSA) is 55.1 Å². The maximum Gasteiger partial charge on any atom is 0.251 e. The SMILES string of the molecule is Cc1ccc(C(=O)NCC(C)CN)c(C)c1.Cl. The van der Waals surface area contributed by atoms with Crippen LogP contribution in [0.25, 0.3) is 0 Å². The third-order valence-corrected chi connectivity index (χ3v) is 2.64. The van der Waals surface area contributed by atoms with Crippen molar-refractivity contribution in [3.63, 3.8) is 0 Å². The smallest absolute Gasteiger partial charge is 0.251 e. The Bertz CT molecular complexity index is 380. The van der Waals surface area contributed by atoms with Crippen LogP contribution in [-0.2, 0) is 0 Å². The normalized spacial score (nSPS) is 11.5. The number of rotatable bonds is 4. The molecule has 0 aliphatic rings. The summed E-state index contributed by atoms with van der Waals surface area (Å²) in [6.45, 7) is 7.21. The van der Waals surface area contributed by atoms with Crippen molar-refractivity contribution in [3.05, 3.63) is 34.9 Å². The largest absolute Gasteiger partial charge is 0.352 e. The molecular weight excluding hydrogens is 236 g/mol. The zero-order valence-electron chi connectivity index (χ0n) is 10.6. The van der Waals surface area contributed by atoms with Gasteiger partial charge in [-0.2, -0.15) is 0 Å². The molecule has 0 saturated heterocycles. The number of carbonyl (C=O) groups is 1. The first-order chi connectivity index (χ1) is 7.54. The van der Waals surface area contributed by atoms with Gasteiger partial charge < -0.3 is 11.1 Å². The molecule has 1 aromatic rings. The van der Waals surface area contributed by atoms with Gasteiger partial charge in [-0.1, -0.05) is 24.6 Å². The molecule has 3 nitrogen and oxygen atoms in total. The Kier molecular flexibility index (Phi) is 6.85. The first-order valence-corrected chi connectivity index (χ1v) is 5.60. The molecule has 3 N–H and O–H groups in total. The van der Waals surface area contributed by atoms with Gasteiger partial charge in [0.2, 0.25) is 0 Å². The van der Waals surface area contributed by atoms with Crippen LogP contribution >= 0.6 is 12.4 Å². The summed E-state index contributed by atoms with van der Waals surface area (Å²) in [6.07, 6.45) is 0. The second-order valence-corrected chi connectivity index (χ2v) is 4.37. The highest BCUT2D eigenvalue weighted by atomic mass is 35.5.